The first-order chi connectivity index (χ1) is 4.66. The van der Waals surface area contributed by atoms with Gasteiger partial charge in [-0.05, 0) is 6.42 Å². The molecule has 0 aliphatic heterocycles. The molecule has 0 spiro atoms. The minimum absolute atomic E-state index is 0.123. The fourth-order valence-electron chi connectivity index (χ4n) is 0.500. The molecular weight excluding hydrogens is 150 g/mol. The average Bonchev–Trinajstić information content (AvgIpc) is 1.82. The topological polar surface area (TPSA) is 46.2 Å². The molecule has 0 bridgehead atoms. The summed E-state index contributed by atoms with van der Waals surface area (Å²) in [6, 6.07) is 0. The molecule has 4 heteroatoms. The van der Waals surface area contributed by atoms with Crippen molar-refractivity contribution in [1.29, 1.82) is 0 Å². The maximum absolute atomic E-state index is 10.7. The number of rotatable bonds is 4. The maximum Gasteiger partial charge on any atom is 0.232 e. The lowest BCUT2D eigenvalue weighted by molar-refractivity contribution is -0.118. The zero-order valence-electron chi connectivity index (χ0n) is 6.35. The van der Waals surface area contributed by atoms with Crippen LogP contribution in [-0.4, -0.2) is 28.7 Å². The van der Waals surface area contributed by atoms with Crippen molar-refractivity contribution in [3.8, 4) is 0 Å². The minimum atomic E-state index is -1.01. The fraction of sp³-hybridized carbons (Fsp3) is 0.833. The van der Waals surface area contributed by atoms with Gasteiger partial charge >= 0.3 is 0 Å². The molecule has 0 aromatic heterocycles. The van der Waals surface area contributed by atoms with Crippen LogP contribution in [0.2, 0.25) is 0 Å². The van der Waals surface area contributed by atoms with Gasteiger partial charge in [0.05, 0.1) is 0 Å². The second-order valence-electron chi connectivity index (χ2n) is 2.07. The summed E-state index contributed by atoms with van der Waals surface area (Å²) < 4.78 is 10.5. The Bertz CT molecular complexity index is 136. The van der Waals surface area contributed by atoms with Crippen LogP contribution in [-0.2, 0) is 15.6 Å². The number of hydrogen-bond acceptors (Lipinski definition) is 2. The highest BCUT2D eigenvalue weighted by molar-refractivity contribution is 7.85. The first-order valence-corrected chi connectivity index (χ1v) is 4.96. The van der Waals surface area contributed by atoms with Crippen molar-refractivity contribution in [3.05, 3.63) is 0 Å². The van der Waals surface area contributed by atoms with Crippen LogP contribution >= 0.6 is 0 Å². The molecule has 1 amide bonds. The summed E-state index contributed by atoms with van der Waals surface area (Å²) in [7, 11) is -1.01. The molecule has 60 valence electrons. The van der Waals surface area contributed by atoms with Crippen molar-refractivity contribution in [2.24, 2.45) is 0 Å². The van der Waals surface area contributed by atoms with E-state index in [1.807, 2.05) is 6.92 Å². The molecule has 0 heterocycles. The van der Waals surface area contributed by atoms with Gasteiger partial charge in [-0.1, -0.05) is 6.92 Å². The number of nitrogens with one attached hydrogen (secondary N) is 1. The Balaban J connectivity index is 3.35. The van der Waals surface area contributed by atoms with Gasteiger partial charge in [0.2, 0.25) is 5.91 Å². The lowest BCUT2D eigenvalue weighted by Crippen LogP contribution is -2.28. The molecule has 0 saturated carbocycles. The third-order valence-corrected chi connectivity index (χ3v) is 1.58. The molecule has 0 aromatic carbocycles. The van der Waals surface area contributed by atoms with Crippen LogP contribution in [0.1, 0.15) is 13.3 Å². The molecule has 0 radical (unpaired) electrons. The van der Waals surface area contributed by atoms with E-state index >= 15 is 0 Å². The van der Waals surface area contributed by atoms with Gasteiger partial charge in [0.1, 0.15) is 5.75 Å². The highest BCUT2D eigenvalue weighted by Gasteiger charge is 2.00. The smallest absolute Gasteiger partial charge is 0.232 e. The Morgan fingerprint density at radius 3 is 2.60 bits per heavy atom. The summed E-state index contributed by atoms with van der Waals surface area (Å²) in [5, 5.41) is 2.63. The molecule has 0 saturated heterocycles. The van der Waals surface area contributed by atoms with E-state index in [0.29, 0.717) is 6.54 Å². The van der Waals surface area contributed by atoms with Crippen molar-refractivity contribution in [2.45, 2.75) is 13.3 Å². The molecule has 0 fully saturated rings. The van der Waals surface area contributed by atoms with Gasteiger partial charge in [0.25, 0.3) is 0 Å². The maximum atomic E-state index is 10.7. The van der Waals surface area contributed by atoms with Crippen molar-refractivity contribution < 1.29 is 9.00 Å². The average molecular weight is 163 g/mol. The lowest BCUT2D eigenvalue weighted by Gasteiger charge is -1.99. The predicted octanol–water partition coefficient (Wildman–Crippen LogP) is -0.109. The minimum Gasteiger partial charge on any atom is -0.355 e. The Kier molecular flexibility index (Phi) is 5.20. The normalized spacial score (nSPS) is 12.6. The number of hydrogen-bond donors (Lipinski definition) is 1. The molecule has 10 heavy (non-hydrogen) atoms. The largest absolute Gasteiger partial charge is 0.355 e. The van der Waals surface area contributed by atoms with Crippen molar-refractivity contribution in [2.75, 3.05) is 18.6 Å². The number of carbonyl (C=O) groups is 1. The van der Waals surface area contributed by atoms with Gasteiger partial charge in [0.15, 0.2) is 0 Å². The van der Waals surface area contributed by atoms with Crippen LogP contribution in [0, 0.1) is 0 Å². The van der Waals surface area contributed by atoms with E-state index in [-0.39, 0.29) is 11.7 Å². The summed E-state index contributed by atoms with van der Waals surface area (Å²) in [5.41, 5.74) is 0. The number of amides is 1. The quantitative estimate of drug-likeness (QED) is 0.628. The van der Waals surface area contributed by atoms with Crippen LogP contribution in [0.25, 0.3) is 0 Å². The van der Waals surface area contributed by atoms with E-state index in [4.69, 9.17) is 0 Å². The summed E-state index contributed by atoms with van der Waals surface area (Å²) in [6.07, 6.45) is 2.44. The highest BCUT2D eigenvalue weighted by atomic mass is 32.2. The van der Waals surface area contributed by atoms with Crippen molar-refractivity contribution in [1.82, 2.24) is 5.32 Å². The second-order valence-corrected chi connectivity index (χ2v) is 3.50. The van der Waals surface area contributed by atoms with E-state index in [2.05, 4.69) is 5.32 Å². The summed E-state index contributed by atoms with van der Waals surface area (Å²) in [4.78, 5) is 10.7. The highest BCUT2D eigenvalue weighted by Crippen LogP contribution is 1.76. The van der Waals surface area contributed by atoms with Crippen molar-refractivity contribution in [3.63, 3.8) is 0 Å². The van der Waals surface area contributed by atoms with Crippen molar-refractivity contribution >= 4 is 16.7 Å². The van der Waals surface area contributed by atoms with Gasteiger partial charge in [-0.15, -0.1) is 0 Å². The molecule has 3 nitrogen and oxygen atoms in total. The Hall–Kier alpha value is -0.380. The molecule has 0 rings (SSSR count). The van der Waals surface area contributed by atoms with Gasteiger partial charge in [-0.2, -0.15) is 0 Å². The van der Waals surface area contributed by atoms with Crippen LogP contribution in [0.15, 0.2) is 0 Å². The third-order valence-electron chi connectivity index (χ3n) is 0.907. The SMILES string of the molecule is CCCNC(=O)CS(C)=O. The van der Waals surface area contributed by atoms with E-state index in [1.54, 1.807) is 0 Å². The monoisotopic (exact) mass is 163 g/mol. The molecule has 1 unspecified atom stereocenters. The number of carbonyl (C=O) groups excluding carboxylic acids is 1. The molecular formula is C6H13NO2S. The summed E-state index contributed by atoms with van der Waals surface area (Å²) >= 11 is 0. The first-order valence-electron chi connectivity index (χ1n) is 3.23. The van der Waals surface area contributed by atoms with Crippen LogP contribution in [0.5, 0.6) is 0 Å². The van der Waals surface area contributed by atoms with Gasteiger partial charge in [-0.3, -0.25) is 9.00 Å². The Morgan fingerprint density at radius 2 is 2.20 bits per heavy atom. The molecule has 1 atom stereocenters. The van der Waals surface area contributed by atoms with E-state index < -0.39 is 10.8 Å². The first kappa shape index (κ1) is 9.62. The Morgan fingerprint density at radius 1 is 1.60 bits per heavy atom. The molecule has 1 N–H and O–H groups in total. The molecule has 0 aromatic rings. The van der Waals surface area contributed by atoms with Crippen LogP contribution in [0.3, 0.4) is 0 Å². The summed E-state index contributed by atoms with van der Waals surface area (Å²) in [5.74, 6) is 0.00248. The van der Waals surface area contributed by atoms with Gasteiger partial charge in [0, 0.05) is 23.6 Å². The van der Waals surface area contributed by atoms with E-state index in [0.717, 1.165) is 6.42 Å². The predicted molar refractivity (Wildman–Crippen MR) is 42.2 cm³/mol. The zero-order valence-corrected chi connectivity index (χ0v) is 7.16. The molecule has 0 aliphatic carbocycles. The second kappa shape index (κ2) is 5.41. The Labute approximate surface area is 63.6 Å². The van der Waals surface area contributed by atoms with Crippen LogP contribution < -0.4 is 5.32 Å². The zero-order chi connectivity index (χ0) is 7.98. The molecule has 0 aliphatic rings. The fourth-order valence-corrected chi connectivity index (χ4v) is 0.971. The standard InChI is InChI=1S/C6H13NO2S/c1-3-4-7-6(8)5-10(2)9/h3-5H2,1-2H3,(H,7,8). The van der Waals surface area contributed by atoms with Crippen LogP contribution in [0.4, 0.5) is 0 Å². The lowest BCUT2D eigenvalue weighted by atomic mass is 10.5. The van der Waals surface area contributed by atoms with Gasteiger partial charge in [-0.25, -0.2) is 0 Å². The van der Waals surface area contributed by atoms with E-state index in [1.165, 1.54) is 6.26 Å². The van der Waals surface area contributed by atoms with Gasteiger partial charge < -0.3 is 5.32 Å². The van der Waals surface area contributed by atoms with E-state index in [9.17, 15) is 9.00 Å². The third kappa shape index (κ3) is 5.75. The summed E-state index contributed by atoms with van der Waals surface area (Å²) in [6.45, 7) is 2.65.